The molecule has 2 N–H and O–H groups in total. The molecule has 0 aromatic heterocycles. The Balaban J connectivity index is 2.45. The third-order valence-electron chi connectivity index (χ3n) is 4.25. The summed E-state index contributed by atoms with van der Waals surface area (Å²) in [6.45, 7) is 11.6. The summed E-state index contributed by atoms with van der Waals surface area (Å²) in [5.41, 5.74) is 7.56. The Labute approximate surface area is 131 Å². The molecule has 1 aromatic rings. The summed E-state index contributed by atoms with van der Waals surface area (Å²) in [5, 5.41) is 0. The molecule has 21 heavy (non-hydrogen) atoms. The van der Waals surface area contributed by atoms with Gasteiger partial charge < -0.3 is 10.6 Å². The number of rotatable bonds is 10. The van der Waals surface area contributed by atoms with Crippen molar-refractivity contribution in [3.05, 3.63) is 35.9 Å². The Morgan fingerprint density at radius 1 is 1.05 bits per heavy atom. The van der Waals surface area contributed by atoms with E-state index in [2.05, 4.69) is 56.9 Å². The largest absolute Gasteiger partial charge is 0.324 e. The summed E-state index contributed by atoms with van der Waals surface area (Å²) >= 11 is 0. The third kappa shape index (κ3) is 6.62. The minimum atomic E-state index is 0.175. The summed E-state index contributed by atoms with van der Waals surface area (Å²) in [6.07, 6.45) is 4.74. The number of hydrogen-bond acceptors (Lipinski definition) is 2. The molecule has 0 spiro atoms. The van der Waals surface area contributed by atoms with E-state index in [1.165, 1.54) is 37.9 Å². The molecule has 0 heterocycles. The minimum Gasteiger partial charge on any atom is -0.324 e. The van der Waals surface area contributed by atoms with Gasteiger partial charge in [0.1, 0.15) is 0 Å². The van der Waals surface area contributed by atoms with Crippen molar-refractivity contribution in [1.29, 1.82) is 0 Å². The van der Waals surface area contributed by atoms with E-state index in [1.807, 2.05) is 6.07 Å². The second kappa shape index (κ2) is 9.97. The molecule has 0 saturated heterocycles. The summed E-state index contributed by atoms with van der Waals surface area (Å²) < 4.78 is 0. The van der Waals surface area contributed by atoms with Gasteiger partial charge in [-0.15, -0.1) is 0 Å². The van der Waals surface area contributed by atoms with Crippen molar-refractivity contribution in [2.45, 2.75) is 65.5 Å². The van der Waals surface area contributed by atoms with Crippen LogP contribution in [0.4, 0.5) is 0 Å². The molecule has 1 unspecified atom stereocenters. The molecule has 1 rings (SSSR count). The molecule has 0 saturated carbocycles. The average Bonchev–Trinajstić information content (AvgIpc) is 2.48. The van der Waals surface area contributed by atoms with Gasteiger partial charge in [-0.05, 0) is 43.7 Å². The predicted octanol–water partition coefficient (Wildman–Crippen LogP) is 4.61. The van der Waals surface area contributed by atoms with Crippen molar-refractivity contribution < 1.29 is 0 Å². The zero-order valence-corrected chi connectivity index (χ0v) is 14.4. The van der Waals surface area contributed by atoms with Crippen LogP contribution in [0.1, 0.15) is 65.0 Å². The molecular weight excluding hydrogens is 256 g/mol. The number of nitrogens with two attached hydrogens (primary N) is 1. The highest BCUT2D eigenvalue weighted by Crippen LogP contribution is 2.17. The topological polar surface area (TPSA) is 29.3 Å². The molecule has 0 aliphatic heterocycles. The Bertz CT molecular complexity index is 357. The summed E-state index contributed by atoms with van der Waals surface area (Å²) in [6, 6.07) is 11.4. The van der Waals surface area contributed by atoms with Crippen LogP contribution in [0.25, 0.3) is 0 Å². The first-order chi connectivity index (χ1) is 10.1. The smallest absolute Gasteiger partial charge is 0.0295 e. The van der Waals surface area contributed by atoms with E-state index in [1.54, 1.807) is 0 Å². The molecule has 0 radical (unpaired) electrons. The summed E-state index contributed by atoms with van der Waals surface area (Å²) in [7, 11) is 0. The Morgan fingerprint density at radius 3 is 2.19 bits per heavy atom. The molecule has 0 bridgehead atoms. The second-order valence-corrected chi connectivity index (χ2v) is 6.52. The molecule has 0 aliphatic rings. The van der Waals surface area contributed by atoms with E-state index < -0.39 is 0 Å². The van der Waals surface area contributed by atoms with Gasteiger partial charge in [0.05, 0.1) is 0 Å². The Hall–Kier alpha value is -0.860. The van der Waals surface area contributed by atoms with Crippen LogP contribution < -0.4 is 5.73 Å². The van der Waals surface area contributed by atoms with Gasteiger partial charge >= 0.3 is 0 Å². The van der Waals surface area contributed by atoms with E-state index in [0.29, 0.717) is 0 Å². The summed E-state index contributed by atoms with van der Waals surface area (Å²) in [5.74, 6) is 0.730. The Morgan fingerprint density at radius 2 is 1.67 bits per heavy atom. The molecule has 0 amide bonds. The van der Waals surface area contributed by atoms with Crippen molar-refractivity contribution in [2.75, 3.05) is 13.1 Å². The maximum absolute atomic E-state index is 6.31. The molecule has 1 atom stereocenters. The maximum Gasteiger partial charge on any atom is 0.0295 e. The second-order valence-electron chi connectivity index (χ2n) is 6.52. The quantitative estimate of drug-likeness (QED) is 0.681. The van der Waals surface area contributed by atoms with Crippen molar-refractivity contribution in [3.63, 3.8) is 0 Å². The van der Waals surface area contributed by atoms with Crippen LogP contribution in [0.5, 0.6) is 0 Å². The van der Waals surface area contributed by atoms with Gasteiger partial charge in [-0.1, -0.05) is 58.0 Å². The summed E-state index contributed by atoms with van der Waals surface area (Å²) in [4.78, 5) is 2.67. The third-order valence-corrected chi connectivity index (χ3v) is 4.25. The highest BCUT2D eigenvalue weighted by molar-refractivity contribution is 5.18. The van der Waals surface area contributed by atoms with Gasteiger partial charge in [-0.25, -0.2) is 0 Å². The van der Waals surface area contributed by atoms with Crippen LogP contribution in [0, 0.1) is 5.92 Å². The van der Waals surface area contributed by atoms with E-state index in [0.717, 1.165) is 18.4 Å². The first-order valence-corrected chi connectivity index (χ1v) is 8.63. The average molecular weight is 290 g/mol. The zero-order chi connectivity index (χ0) is 15.7. The molecule has 0 aliphatic carbocycles. The van der Waals surface area contributed by atoms with Crippen molar-refractivity contribution in [1.82, 2.24) is 4.90 Å². The lowest BCUT2D eigenvalue weighted by Crippen LogP contribution is -2.38. The van der Waals surface area contributed by atoms with Gasteiger partial charge in [-0.3, -0.25) is 0 Å². The molecule has 0 fully saturated rings. The van der Waals surface area contributed by atoms with Crippen LogP contribution in [0.3, 0.4) is 0 Å². The van der Waals surface area contributed by atoms with Crippen LogP contribution >= 0.6 is 0 Å². The normalized spacial score (nSPS) is 13.3. The fourth-order valence-corrected chi connectivity index (χ4v) is 3.08. The monoisotopic (exact) mass is 290 g/mol. The van der Waals surface area contributed by atoms with Crippen LogP contribution in [0.2, 0.25) is 0 Å². The number of benzene rings is 1. The zero-order valence-electron chi connectivity index (χ0n) is 14.4. The first-order valence-electron chi connectivity index (χ1n) is 8.63. The van der Waals surface area contributed by atoms with Crippen molar-refractivity contribution in [3.8, 4) is 0 Å². The first kappa shape index (κ1) is 18.2. The fraction of sp³-hybridized carbons (Fsp3) is 0.684. The Kier molecular flexibility index (Phi) is 8.63. The van der Waals surface area contributed by atoms with Gasteiger partial charge in [0.2, 0.25) is 0 Å². The highest BCUT2D eigenvalue weighted by Gasteiger charge is 2.16. The maximum atomic E-state index is 6.31. The molecular formula is C19H34N2. The minimum absolute atomic E-state index is 0.175. The fourth-order valence-electron chi connectivity index (χ4n) is 3.08. The van der Waals surface area contributed by atoms with Gasteiger partial charge in [-0.2, -0.15) is 0 Å². The highest BCUT2D eigenvalue weighted by atomic mass is 15.1. The molecule has 2 heteroatoms. The molecule has 120 valence electrons. The van der Waals surface area contributed by atoms with E-state index >= 15 is 0 Å². The van der Waals surface area contributed by atoms with E-state index in [9.17, 15) is 0 Å². The van der Waals surface area contributed by atoms with Crippen LogP contribution in [-0.2, 0) is 0 Å². The molecule has 1 aromatic carbocycles. The van der Waals surface area contributed by atoms with Gasteiger partial charge in [0, 0.05) is 18.6 Å². The lowest BCUT2D eigenvalue weighted by Gasteiger charge is -2.32. The van der Waals surface area contributed by atoms with Crippen molar-refractivity contribution >= 4 is 0 Å². The SMILES string of the molecule is CCC(CC)N(CCCC(N)c1ccccc1)CC(C)C. The van der Waals surface area contributed by atoms with Gasteiger partial charge in [0.15, 0.2) is 0 Å². The van der Waals surface area contributed by atoms with Crippen LogP contribution in [0.15, 0.2) is 30.3 Å². The lowest BCUT2D eigenvalue weighted by atomic mass is 10.0. The van der Waals surface area contributed by atoms with Crippen LogP contribution in [-0.4, -0.2) is 24.0 Å². The standard InChI is InChI=1S/C19H34N2/c1-5-18(6-2)21(15-16(3)4)14-10-13-19(20)17-11-8-7-9-12-17/h7-9,11-12,16,18-19H,5-6,10,13-15,20H2,1-4H3. The molecule has 2 nitrogen and oxygen atoms in total. The predicted molar refractivity (Wildman–Crippen MR) is 93.4 cm³/mol. The number of nitrogens with zero attached hydrogens (tertiary/aromatic N) is 1. The lowest BCUT2D eigenvalue weighted by molar-refractivity contribution is 0.162. The van der Waals surface area contributed by atoms with Crippen molar-refractivity contribution in [2.24, 2.45) is 11.7 Å². The van der Waals surface area contributed by atoms with Gasteiger partial charge in [0.25, 0.3) is 0 Å². The van der Waals surface area contributed by atoms with E-state index in [-0.39, 0.29) is 6.04 Å². The number of hydrogen-bond donors (Lipinski definition) is 1. The van der Waals surface area contributed by atoms with E-state index in [4.69, 9.17) is 5.73 Å².